The van der Waals surface area contributed by atoms with Crippen molar-refractivity contribution >= 4 is 0 Å². The lowest BCUT2D eigenvalue weighted by molar-refractivity contribution is 0.680. The first kappa shape index (κ1) is 12.0. The van der Waals surface area contributed by atoms with Crippen LogP contribution >= 0.6 is 0 Å². The first-order valence-electron chi connectivity index (χ1n) is 4.80. The Morgan fingerprint density at radius 1 is 1.23 bits per heavy atom. The summed E-state index contributed by atoms with van der Waals surface area (Å²) in [5.74, 6) is 0. The van der Waals surface area contributed by atoms with Gasteiger partial charge in [0.05, 0.1) is 0 Å². The second kappa shape index (κ2) is 6.53. The Balaban J connectivity index is 4.46. The molecule has 0 saturated heterocycles. The highest BCUT2D eigenvalue weighted by Crippen LogP contribution is 2.00. The second-order valence-corrected chi connectivity index (χ2v) is 3.67. The van der Waals surface area contributed by atoms with Gasteiger partial charge < -0.3 is 5.32 Å². The summed E-state index contributed by atoms with van der Waals surface area (Å²) < 4.78 is 0. The number of rotatable bonds is 4. The van der Waals surface area contributed by atoms with Crippen LogP contribution in [0, 0.1) is 0 Å². The maximum atomic E-state index is 3.38. The van der Waals surface area contributed by atoms with Crippen molar-refractivity contribution in [1.82, 2.24) is 5.32 Å². The molecule has 1 heteroatoms. The molecule has 0 amide bonds. The highest BCUT2D eigenvalue weighted by atomic mass is 14.9. The van der Waals surface area contributed by atoms with Crippen LogP contribution in [0.2, 0.25) is 0 Å². The van der Waals surface area contributed by atoms with Gasteiger partial charge in [0.1, 0.15) is 0 Å². The molecule has 0 atom stereocenters. The average molecular weight is 179 g/mol. The molecule has 0 heterocycles. The van der Waals surface area contributed by atoms with Crippen LogP contribution in [0.5, 0.6) is 0 Å². The van der Waals surface area contributed by atoms with Crippen LogP contribution in [0.25, 0.3) is 0 Å². The molecule has 1 nitrogen and oxygen atoms in total. The zero-order valence-corrected chi connectivity index (χ0v) is 9.39. The van der Waals surface area contributed by atoms with Crippen LogP contribution in [0.4, 0.5) is 0 Å². The fraction of sp³-hybridized carbons (Fsp3) is 0.500. The molecule has 74 valence electrons. The molecule has 0 radical (unpaired) electrons. The molecule has 1 N–H and O–H groups in total. The monoisotopic (exact) mass is 179 g/mol. The molecular weight excluding hydrogens is 158 g/mol. The normalized spacial score (nSPS) is 12.3. The van der Waals surface area contributed by atoms with Crippen molar-refractivity contribution in [3.63, 3.8) is 0 Å². The van der Waals surface area contributed by atoms with Gasteiger partial charge in [-0.1, -0.05) is 17.7 Å². The van der Waals surface area contributed by atoms with Gasteiger partial charge in [-0.2, -0.15) is 0 Å². The Morgan fingerprint density at radius 3 is 2.23 bits per heavy atom. The molecule has 0 bridgehead atoms. The predicted octanol–water partition coefficient (Wildman–Crippen LogP) is 3.41. The molecule has 0 aromatic rings. The van der Waals surface area contributed by atoms with E-state index in [0.717, 1.165) is 0 Å². The lowest BCUT2D eigenvalue weighted by Crippen LogP contribution is -2.20. The van der Waals surface area contributed by atoms with E-state index in [0.29, 0.717) is 6.04 Å². The van der Waals surface area contributed by atoms with E-state index in [9.17, 15) is 0 Å². The number of allylic oxidation sites excluding steroid dienone is 5. The molecule has 0 unspecified atom stereocenters. The van der Waals surface area contributed by atoms with E-state index in [-0.39, 0.29) is 0 Å². The van der Waals surface area contributed by atoms with Crippen LogP contribution in [0.3, 0.4) is 0 Å². The summed E-state index contributed by atoms with van der Waals surface area (Å²) in [6, 6.07) is 0.479. The van der Waals surface area contributed by atoms with Crippen LogP contribution < -0.4 is 5.32 Å². The lowest BCUT2D eigenvalue weighted by atomic mass is 10.2. The molecule has 0 rings (SSSR count). The third-order valence-electron chi connectivity index (χ3n) is 1.37. The summed E-state index contributed by atoms with van der Waals surface area (Å²) in [5.41, 5.74) is 2.48. The zero-order valence-electron chi connectivity index (χ0n) is 9.39. The molecule has 0 aliphatic rings. The van der Waals surface area contributed by atoms with Crippen molar-refractivity contribution in [3.8, 4) is 0 Å². The first-order chi connectivity index (χ1) is 6.06. The van der Waals surface area contributed by atoms with Crippen molar-refractivity contribution in [1.29, 1.82) is 0 Å². The van der Waals surface area contributed by atoms with E-state index >= 15 is 0 Å². The minimum atomic E-state index is 0.479. The Hall–Kier alpha value is -0.980. The fourth-order valence-corrected chi connectivity index (χ4v) is 0.982. The summed E-state index contributed by atoms with van der Waals surface area (Å²) in [5, 5.41) is 3.38. The SMILES string of the molecule is C/C=C\C=C(/C=C(C)C)NC(C)C. The zero-order chi connectivity index (χ0) is 10.3. The van der Waals surface area contributed by atoms with E-state index < -0.39 is 0 Å². The largest absolute Gasteiger partial charge is 0.383 e. The van der Waals surface area contributed by atoms with Crippen LogP contribution in [0.1, 0.15) is 34.6 Å². The van der Waals surface area contributed by atoms with Gasteiger partial charge in [0, 0.05) is 11.7 Å². The average Bonchev–Trinajstić information content (AvgIpc) is 1.98. The van der Waals surface area contributed by atoms with E-state index in [1.807, 2.05) is 19.1 Å². The Kier molecular flexibility index (Phi) is 6.03. The van der Waals surface area contributed by atoms with Gasteiger partial charge in [0.2, 0.25) is 0 Å². The minimum Gasteiger partial charge on any atom is -0.383 e. The van der Waals surface area contributed by atoms with E-state index in [1.54, 1.807) is 0 Å². The third kappa shape index (κ3) is 7.38. The molecule has 0 saturated carbocycles. The molecule has 0 aromatic heterocycles. The van der Waals surface area contributed by atoms with Crippen molar-refractivity contribution in [2.24, 2.45) is 0 Å². The minimum absolute atomic E-state index is 0.479. The second-order valence-electron chi connectivity index (χ2n) is 3.67. The molecule has 13 heavy (non-hydrogen) atoms. The Bertz CT molecular complexity index is 215. The van der Waals surface area contributed by atoms with E-state index in [4.69, 9.17) is 0 Å². The van der Waals surface area contributed by atoms with Gasteiger partial charge in [-0.3, -0.25) is 0 Å². The standard InChI is InChI=1S/C12H21N/c1-6-7-8-12(9-10(2)3)13-11(4)5/h6-9,11,13H,1-5H3/b7-6-,12-8+. The number of nitrogens with one attached hydrogen (secondary N) is 1. The summed E-state index contributed by atoms with van der Waals surface area (Å²) in [7, 11) is 0. The molecule has 0 aliphatic heterocycles. The smallest absolute Gasteiger partial charge is 0.0341 e. The highest BCUT2D eigenvalue weighted by molar-refractivity contribution is 5.24. The van der Waals surface area contributed by atoms with Gasteiger partial charge in [-0.05, 0) is 46.8 Å². The van der Waals surface area contributed by atoms with Crippen LogP contribution in [0.15, 0.2) is 35.6 Å². The Labute approximate surface area is 82.2 Å². The van der Waals surface area contributed by atoms with Gasteiger partial charge in [-0.25, -0.2) is 0 Å². The maximum Gasteiger partial charge on any atom is 0.0341 e. The molecular formula is C12H21N. The number of hydrogen-bond donors (Lipinski definition) is 1. The quantitative estimate of drug-likeness (QED) is 0.652. The summed E-state index contributed by atoms with van der Waals surface area (Å²) in [4.78, 5) is 0. The van der Waals surface area contributed by atoms with Crippen molar-refractivity contribution in [3.05, 3.63) is 35.6 Å². The Morgan fingerprint density at radius 2 is 1.85 bits per heavy atom. The third-order valence-corrected chi connectivity index (χ3v) is 1.37. The predicted molar refractivity (Wildman–Crippen MR) is 60.6 cm³/mol. The van der Waals surface area contributed by atoms with Crippen LogP contribution in [-0.2, 0) is 0 Å². The van der Waals surface area contributed by atoms with Crippen molar-refractivity contribution < 1.29 is 0 Å². The van der Waals surface area contributed by atoms with Crippen molar-refractivity contribution in [2.45, 2.75) is 40.7 Å². The molecule has 0 aliphatic carbocycles. The fourth-order valence-electron chi connectivity index (χ4n) is 0.982. The van der Waals surface area contributed by atoms with Gasteiger partial charge in [0.25, 0.3) is 0 Å². The first-order valence-corrected chi connectivity index (χ1v) is 4.80. The van der Waals surface area contributed by atoms with E-state index in [2.05, 4.69) is 45.2 Å². The van der Waals surface area contributed by atoms with Crippen molar-refractivity contribution in [2.75, 3.05) is 0 Å². The van der Waals surface area contributed by atoms with Gasteiger partial charge in [-0.15, -0.1) is 0 Å². The lowest BCUT2D eigenvalue weighted by Gasteiger charge is -2.10. The summed E-state index contributed by atoms with van der Waals surface area (Å²) in [6.07, 6.45) is 8.32. The summed E-state index contributed by atoms with van der Waals surface area (Å²) >= 11 is 0. The molecule has 0 spiro atoms. The van der Waals surface area contributed by atoms with E-state index in [1.165, 1.54) is 11.3 Å². The topological polar surface area (TPSA) is 12.0 Å². The number of hydrogen-bond acceptors (Lipinski definition) is 1. The van der Waals surface area contributed by atoms with Gasteiger partial charge >= 0.3 is 0 Å². The van der Waals surface area contributed by atoms with Crippen LogP contribution in [-0.4, -0.2) is 6.04 Å². The van der Waals surface area contributed by atoms with Gasteiger partial charge in [0.15, 0.2) is 0 Å². The highest BCUT2D eigenvalue weighted by Gasteiger charge is 1.93. The molecule has 0 aromatic carbocycles. The molecule has 0 fully saturated rings. The maximum absolute atomic E-state index is 3.38. The summed E-state index contributed by atoms with van der Waals surface area (Å²) in [6.45, 7) is 10.5.